The number of amides is 2. The number of carbonyl (C=O) groups excluding carboxylic acids is 2. The van der Waals surface area contributed by atoms with Gasteiger partial charge in [-0.05, 0) is 44.5 Å². The fourth-order valence-corrected chi connectivity index (χ4v) is 3.87. The molecule has 5 nitrogen and oxygen atoms in total. The topological polar surface area (TPSA) is 52.7 Å². The van der Waals surface area contributed by atoms with E-state index in [0.717, 1.165) is 44.5 Å². The third-order valence-electron chi connectivity index (χ3n) is 5.17. The van der Waals surface area contributed by atoms with E-state index in [0.29, 0.717) is 6.54 Å². The minimum absolute atomic E-state index is 0.0304. The summed E-state index contributed by atoms with van der Waals surface area (Å²) in [6, 6.07) is 3.33. The van der Waals surface area contributed by atoms with Crippen LogP contribution in [0.25, 0.3) is 0 Å². The highest BCUT2D eigenvalue weighted by Crippen LogP contribution is 2.29. The standard InChI is InChI=1S/C19H25F2N3O2/c1-2-9-23(15-5-7-22-8-6-15)19(26)13-10-18(25)24(12-13)17-4-3-14(20)11-16(17)21/h3-4,11,13,15,22H,2,5-10,12H2,1H3. The Balaban J connectivity index is 1.74. The van der Waals surface area contributed by atoms with E-state index in [2.05, 4.69) is 5.32 Å². The average molecular weight is 365 g/mol. The van der Waals surface area contributed by atoms with Crippen LogP contribution in [0.3, 0.4) is 0 Å². The quantitative estimate of drug-likeness (QED) is 0.871. The fraction of sp³-hybridized carbons (Fsp3) is 0.579. The molecular formula is C19H25F2N3O2. The second-order valence-electron chi connectivity index (χ2n) is 7.01. The molecule has 1 aromatic carbocycles. The van der Waals surface area contributed by atoms with Crippen LogP contribution >= 0.6 is 0 Å². The van der Waals surface area contributed by atoms with E-state index in [4.69, 9.17) is 0 Å². The summed E-state index contributed by atoms with van der Waals surface area (Å²) in [7, 11) is 0. The highest BCUT2D eigenvalue weighted by molar-refractivity contribution is 6.00. The van der Waals surface area contributed by atoms with Gasteiger partial charge < -0.3 is 15.1 Å². The molecule has 0 bridgehead atoms. The molecule has 2 aliphatic rings. The van der Waals surface area contributed by atoms with Crippen LogP contribution in [0.4, 0.5) is 14.5 Å². The summed E-state index contributed by atoms with van der Waals surface area (Å²) >= 11 is 0. The number of carbonyl (C=O) groups is 2. The van der Waals surface area contributed by atoms with Crippen molar-refractivity contribution in [3.8, 4) is 0 Å². The van der Waals surface area contributed by atoms with Gasteiger partial charge in [0, 0.05) is 31.6 Å². The summed E-state index contributed by atoms with van der Waals surface area (Å²) in [4.78, 5) is 28.6. The Morgan fingerprint density at radius 1 is 1.31 bits per heavy atom. The monoisotopic (exact) mass is 365 g/mol. The van der Waals surface area contributed by atoms with Gasteiger partial charge in [0.1, 0.15) is 11.6 Å². The average Bonchev–Trinajstić information content (AvgIpc) is 3.01. The van der Waals surface area contributed by atoms with Crippen LogP contribution in [-0.4, -0.2) is 48.9 Å². The predicted octanol–water partition coefficient (Wildman–Crippen LogP) is 2.31. The minimum atomic E-state index is -0.782. The lowest BCUT2D eigenvalue weighted by Gasteiger charge is -2.36. The first kappa shape index (κ1) is 18.8. The lowest BCUT2D eigenvalue weighted by molar-refractivity contribution is -0.138. The summed E-state index contributed by atoms with van der Waals surface area (Å²) in [6.45, 7) is 4.61. The maximum atomic E-state index is 14.0. The molecule has 1 aromatic rings. The van der Waals surface area contributed by atoms with E-state index < -0.39 is 17.6 Å². The van der Waals surface area contributed by atoms with Crippen molar-refractivity contribution in [1.82, 2.24) is 10.2 Å². The molecule has 2 fully saturated rings. The molecule has 0 spiro atoms. The normalized spacial score (nSPS) is 21.3. The molecule has 2 amide bonds. The summed E-state index contributed by atoms with van der Waals surface area (Å²) in [5.74, 6) is -2.28. The Bertz CT molecular complexity index is 677. The van der Waals surface area contributed by atoms with Crippen molar-refractivity contribution in [3.63, 3.8) is 0 Å². The van der Waals surface area contributed by atoms with Crippen LogP contribution < -0.4 is 10.2 Å². The summed E-state index contributed by atoms with van der Waals surface area (Å²) < 4.78 is 27.2. The fourth-order valence-electron chi connectivity index (χ4n) is 3.87. The Morgan fingerprint density at radius 2 is 2.04 bits per heavy atom. The lowest BCUT2D eigenvalue weighted by atomic mass is 10.0. The van der Waals surface area contributed by atoms with Crippen molar-refractivity contribution >= 4 is 17.5 Å². The Kier molecular flexibility index (Phi) is 5.86. The highest BCUT2D eigenvalue weighted by Gasteiger charge is 2.39. The van der Waals surface area contributed by atoms with Crippen molar-refractivity contribution in [2.75, 3.05) is 31.1 Å². The van der Waals surface area contributed by atoms with E-state index in [1.54, 1.807) is 0 Å². The zero-order chi connectivity index (χ0) is 18.7. The molecule has 0 aromatic heterocycles. The smallest absolute Gasteiger partial charge is 0.228 e. The molecule has 3 rings (SSSR count). The SMILES string of the molecule is CCCN(C(=O)C1CC(=O)N(c2ccc(F)cc2F)C1)C1CCNCC1. The number of piperidine rings is 1. The molecule has 2 aliphatic heterocycles. The van der Waals surface area contributed by atoms with Gasteiger partial charge in [0.2, 0.25) is 11.8 Å². The molecule has 26 heavy (non-hydrogen) atoms. The molecule has 2 heterocycles. The van der Waals surface area contributed by atoms with Gasteiger partial charge in [-0.15, -0.1) is 0 Å². The number of hydrogen-bond donors (Lipinski definition) is 1. The van der Waals surface area contributed by atoms with Gasteiger partial charge in [0.05, 0.1) is 11.6 Å². The van der Waals surface area contributed by atoms with Gasteiger partial charge in [0.15, 0.2) is 0 Å². The van der Waals surface area contributed by atoms with Crippen molar-refractivity contribution in [2.45, 2.75) is 38.6 Å². The number of benzene rings is 1. The zero-order valence-corrected chi connectivity index (χ0v) is 15.0. The summed E-state index contributed by atoms with van der Waals surface area (Å²) in [5, 5.41) is 3.29. The highest BCUT2D eigenvalue weighted by atomic mass is 19.1. The first-order valence-electron chi connectivity index (χ1n) is 9.28. The Labute approximate surface area is 152 Å². The second kappa shape index (κ2) is 8.12. The molecule has 0 radical (unpaired) electrons. The van der Waals surface area contributed by atoms with E-state index in [1.165, 1.54) is 11.0 Å². The van der Waals surface area contributed by atoms with Crippen LogP contribution in [0.1, 0.15) is 32.6 Å². The maximum Gasteiger partial charge on any atom is 0.228 e. The number of nitrogens with zero attached hydrogens (tertiary/aromatic N) is 2. The van der Waals surface area contributed by atoms with Crippen LogP contribution in [0, 0.1) is 17.6 Å². The Morgan fingerprint density at radius 3 is 2.69 bits per heavy atom. The molecule has 142 valence electrons. The summed E-state index contributed by atoms with van der Waals surface area (Å²) in [5.41, 5.74) is 0.0376. The molecule has 7 heteroatoms. The van der Waals surface area contributed by atoms with Crippen molar-refractivity contribution in [1.29, 1.82) is 0 Å². The second-order valence-corrected chi connectivity index (χ2v) is 7.01. The zero-order valence-electron chi connectivity index (χ0n) is 15.0. The van der Waals surface area contributed by atoms with E-state index >= 15 is 0 Å². The van der Waals surface area contributed by atoms with Crippen molar-refractivity contribution in [2.24, 2.45) is 5.92 Å². The predicted molar refractivity (Wildman–Crippen MR) is 94.7 cm³/mol. The van der Waals surface area contributed by atoms with Gasteiger partial charge >= 0.3 is 0 Å². The molecule has 1 N–H and O–H groups in total. The summed E-state index contributed by atoms with van der Waals surface area (Å²) in [6.07, 6.45) is 2.74. The van der Waals surface area contributed by atoms with Crippen molar-refractivity contribution < 1.29 is 18.4 Å². The third-order valence-corrected chi connectivity index (χ3v) is 5.17. The van der Waals surface area contributed by atoms with Crippen molar-refractivity contribution in [3.05, 3.63) is 29.8 Å². The van der Waals surface area contributed by atoms with Gasteiger partial charge in [-0.3, -0.25) is 9.59 Å². The minimum Gasteiger partial charge on any atom is -0.339 e. The van der Waals surface area contributed by atoms with Crippen LogP contribution in [0.15, 0.2) is 18.2 Å². The first-order chi connectivity index (χ1) is 12.5. The van der Waals surface area contributed by atoms with Gasteiger partial charge in [-0.2, -0.15) is 0 Å². The largest absolute Gasteiger partial charge is 0.339 e. The molecule has 1 unspecified atom stereocenters. The molecule has 0 aliphatic carbocycles. The van der Waals surface area contributed by atoms with Crippen LogP contribution in [0.5, 0.6) is 0 Å². The Hall–Kier alpha value is -2.02. The molecule has 1 atom stereocenters. The van der Waals surface area contributed by atoms with Gasteiger partial charge in [-0.25, -0.2) is 8.78 Å². The third kappa shape index (κ3) is 3.87. The van der Waals surface area contributed by atoms with E-state index in [-0.39, 0.29) is 36.5 Å². The lowest BCUT2D eigenvalue weighted by Crippen LogP contribution is -2.48. The molecule has 0 saturated carbocycles. The number of anilines is 1. The van der Waals surface area contributed by atoms with E-state index in [1.807, 2.05) is 11.8 Å². The molecule has 2 saturated heterocycles. The maximum absolute atomic E-state index is 14.0. The van der Waals surface area contributed by atoms with Gasteiger partial charge in [0.25, 0.3) is 0 Å². The van der Waals surface area contributed by atoms with Crippen LogP contribution in [0.2, 0.25) is 0 Å². The number of nitrogens with one attached hydrogen (secondary N) is 1. The van der Waals surface area contributed by atoms with Crippen LogP contribution in [-0.2, 0) is 9.59 Å². The number of rotatable bonds is 5. The number of hydrogen-bond acceptors (Lipinski definition) is 3. The first-order valence-corrected chi connectivity index (χ1v) is 9.28. The molecular weight excluding hydrogens is 340 g/mol. The van der Waals surface area contributed by atoms with Gasteiger partial charge in [-0.1, -0.05) is 6.92 Å². The number of halogens is 2. The van der Waals surface area contributed by atoms with E-state index in [9.17, 15) is 18.4 Å².